The third-order valence-electron chi connectivity index (χ3n) is 3.06. The number of nitrogens with zero attached hydrogens (tertiary/aromatic N) is 2. The maximum absolute atomic E-state index is 5.56. The molecule has 0 atom stereocenters. The van der Waals surface area contributed by atoms with Gasteiger partial charge >= 0.3 is 0 Å². The number of hydrazine groups is 1. The highest BCUT2D eigenvalue weighted by atomic mass is 32.1. The number of aromatic nitrogens is 2. The molecule has 0 saturated carbocycles. The van der Waals surface area contributed by atoms with Gasteiger partial charge in [-0.05, 0) is 37.1 Å². The molecular weight excluding hydrogens is 232 g/mol. The van der Waals surface area contributed by atoms with Gasteiger partial charge in [0.1, 0.15) is 5.82 Å². The molecule has 1 aliphatic rings. The Morgan fingerprint density at radius 1 is 1.24 bits per heavy atom. The molecule has 1 aliphatic carbocycles. The molecule has 5 heteroatoms. The molecule has 2 aromatic heterocycles. The second-order valence-corrected chi connectivity index (χ2v) is 5.10. The molecule has 0 radical (unpaired) electrons. The van der Waals surface area contributed by atoms with E-state index < -0.39 is 0 Å². The molecule has 3 N–H and O–H groups in total. The molecule has 2 aromatic rings. The number of hydrogen-bond donors (Lipinski definition) is 2. The third-order valence-corrected chi connectivity index (χ3v) is 3.93. The summed E-state index contributed by atoms with van der Waals surface area (Å²) in [6.07, 6.45) is 4.46. The summed E-state index contributed by atoms with van der Waals surface area (Å²) < 4.78 is 0. The SMILES string of the molecule is NNc1nc(-c2cccs2)nc2c1CCCC2. The fourth-order valence-electron chi connectivity index (χ4n) is 2.23. The van der Waals surface area contributed by atoms with Crippen molar-refractivity contribution in [1.82, 2.24) is 9.97 Å². The topological polar surface area (TPSA) is 63.8 Å². The second kappa shape index (κ2) is 4.43. The summed E-state index contributed by atoms with van der Waals surface area (Å²) in [7, 11) is 0. The van der Waals surface area contributed by atoms with E-state index in [0.717, 1.165) is 35.1 Å². The number of hydrogen-bond acceptors (Lipinski definition) is 5. The quantitative estimate of drug-likeness (QED) is 0.630. The molecule has 88 valence electrons. The minimum absolute atomic E-state index is 0.786. The van der Waals surface area contributed by atoms with Gasteiger partial charge in [0, 0.05) is 11.3 Å². The van der Waals surface area contributed by atoms with E-state index in [4.69, 9.17) is 5.84 Å². The molecule has 0 bridgehead atoms. The number of nitrogens with one attached hydrogen (secondary N) is 1. The largest absolute Gasteiger partial charge is 0.308 e. The maximum Gasteiger partial charge on any atom is 0.171 e. The Morgan fingerprint density at radius 2 is 2.12 bits per heavy atom. The number of nitrogens with two attached hydrogens (primary N) is 1. The maximum atomic E-state index is 5.56. The van der Waals surface area contributed by atoms with Crippen LogP contribution in [0.4, 0.5) is 5.82 Å². The summed E-state index contributed by atoms with van der Waals surface area (Å²) in [5.41, 5.74) is 5.06. The van der Waals surface area contributed by atoms with Gasteiger partial charge in [0.05, 0.1) is 4.88 Å². The summed E-state index contributed by atoms with van der Waals surface area (Å²) in [6, 6.07) is 4.05. The molecule has 0 amide bonds. The fourth-order valence-corrected chi connectivity index (χ4v) is 2.89. The summed E-state index contributed by atoms with van der Waals surface area (Å²) in [4.78, 5) is 10.3. The smallest absolute Gasteiger partial charge is 0.171 e. The Hall–Kier alpha value is -1.46. The number of nitrogen functional groups attached to an aromatic ring is 1. The first kappa shape index (κ1) is 10.7. The minimum atomic E-state index is 0.786. The van der Waals surface area contributed by atoms with Gasteiger partial charge in [-0.3, -0.25) is 0 Å². The van der Waals surface area contributed by atoms with E-state index in [9.17, 15) is 0 Å². The molecule has 0 fully saturated rings. The molecule has 0 aliphatic heterocycles. The molecule has 4 nitrogen and oxygen atoms in total. The molecule has 0 spiro atoms. The first-order chi connectivity index (χ1) is 8.38. The summed E-state index contributed by atoms with van der Waals surface area (Å²) in [5, 5.41) is 2.04. The first-order valence-corrected chi connectivity index (χ1v) is 6.67. The lowest BCUT2D eigenvalue weighted by molar-refractivity contribution is 0.665. The Morgan fingerprint density at radius 3 is 2.88 bits per heavy atom. The van der Waals surface area contributed by atoms with Gasteiger partial charge in [-0.2, -0.15) is 0 Å². The van der Waals surface area contributed by atoms with Gasteiger partial charge in [0.25, 0.3) is 0 Å². The monoisotopic (exact) mass is 246 g/mol. The predicted molar refractivity (Wildman–Crippen MR) is 69.8 cm³/mol. The van der Waals surface area contributed by atoms with Crippen LogP contribution in [0.1, 0.15) is 24.1 Å². The molecule has 3 rings (SSSR count). The molecular formula is C12H14N4S. The van der Waals surface area contributed by atoms with Crippen LogP contribution in [0.3, 0.4) is 0 Å². The van der Waals surface area contributed by atoms with Crippen LogP contribution >= 0.6 is 11.3 Å². The molecule has 0 unspecified atom stereocenters. The average Bonchev–Trinajstić information content (AvgIpc) is 2.91. The van der Waals surface area contributed by atoms with E-state index in [1.807, 2.05) is 17.5 Å². The van der Waals surface area contributed by atoms with E-state index in [1.54, 1.807) is 11.3 Å². The number of anilines is 1. The van der Waals surface area contributed by atoms with E-state index in [-0.39, 0.29) is 0 Å². The van der Waals surface area contributed by atoms with Crippen LogP contribution in [0.2, 0.25) is 0 Å². The zero-order chi connectivity index (χ0) is 11.7. The highest BCUT2D eigenvalue weighted by Crippen LogP contribution is 2.29. The second-order valence-electron chi connectivity index (χ2n) is 4.15. The van der Waals surface area contributed by atoms with Gasteiger partial charge in [0.15, 0.2) is 5.82 Å². The molecule has 2 heterocycles. The zero-order valence-corrected chi connectivity index (χ0v) is 10.3. The van der Waals surface area contributed by atoms with Gasteiger partial charge in [0.2, 0.25) is 0 Å². The zero-order valence-electron chi connectivity index (χ0n) is 9.44. The van der Waals surface area contributed by atoms with Gasteiger partial charge in [-0.1, -0.05) is 6.07 Å². The Balaban J connectivity index is 2.12. The van der Waals surface area contributed by atoms with E-state index >= 15 is 0 Å². The van der Waals surface area contributed by atoms with Crippen molar-refractivity contribution < 1.29 is 0 Å². The molecule has 0 aromatic carbocycles. The van der Waals surface area contributed by atoms with Crippen molar-refractivity contribution in [2.24, 2.45) is 5.84 Å². The number of rotatable bonds is 2. The van der Waals surface area contributed by atoms with Gasteiger partial charge in [-0.25, -0.2) is 15.8 Å². The lowest BCUT2D eigenvalue weighted by Gasteiger charge is -2.18. The fraction of sp³-hybridized carbons (Fsp3) is 0.333. The number of fused-ring (bicyclic) bond motifs is 1. The van der Waals surface area contributed by atoms with E-state index in [1.165, 1.54) is 18.4 Å². The summed E-state index contributed by atoms with van der Waals surface area (Å²) in [6.45, 7) is 0. The van der Waals surface area contributed by atoms with Crippen LogP contribution < -0.4 is 11.3 Å². The highest BCUT2D eigenvalue weighted by Gasteiger charge is 2.18. The van der Waals surface area contributed by atoms with Crippen molar-refractivity contribution in [3.63, 3.8) is 0 Å². The number of thiophene rings is 1. The van der Waals surface area contributed by atoms with Crippen molar-refractivity contribution in [3.8, 4) is 10.7 Å². The molecule has 0 saturated heterocycles. The van der Waals surface area contributed by atoms with Crippen molar-refractivity contribution in [1.29, 1.82) is 0 Å². The lowest BCUT2D eigenvalue weighted by atomic mass is 9.96. The van der Waals surface area contributed by atoms with Crippen LogP contribution in [0.5, 0.6) is 0 Å². The normalized spacial score (nSPS) is 14.4. The van der Waals surface area contributed by atoms with Crippen molar-refractivity contribution in [2.45, 2.75) is 25.7 Å². The van der Waals surface area contributed by atoms with Gasteiger partial charge < -0.3 is 5.43 Å². The Bertz CT molecular complexity index is 504. The predicted octanol–water partition coefficient (Wildman–Crippen LogP) is 2.37. The Labute approximate surface area is 104 Å². The van der Waals surface area contributed by atoms with Crippen LogP contribution in [0.25, 0.3) is 10.7 Å². The van der Waals surface area contributed by atoms with Crippen LogP contribution in [-0.2, 0) is 12.8 Å². The standard InChI is InChI=1S/C12H14N4S/c13-16-11-8-4-1-2-5-9(8)14-12(15-11)10-6-3-7-17-10/h3,6-7H,1-2,4-5,13H2,(H,14,15,16). The van der Waals surface area contributed by atoms with Crippen molar-refractivity contribution in [3.05, 3.63) is 28.8 Å². The van der Waals surface area contributed by atoms with Crippen LogP contribution in [0, 0.1) is 0 Å². The lowest BCUT2D eigenvalue weighted by Crippen LogP contribution is -2.16. The summed E-state index contributed by atoms with van der Waals surface area (Å²) >= 11 is 1.65. The first-order valence-electron chi connectivity index (χ1n) is 5.79. The van der Waals surface area contributed by atoms with Gasteiger partial charge in [-0.15, -0.1) is 11.3 Å². The van der Waals surface area contributed by atoms with Crippen molar-refractivity contribution in [2.75, 3.05) is 5.43 Å². The minimum Gasteiger partial charge on any atom is -0.308 e. The van der Waals surface area contributed by atoms with Crippen LogP contribution in [0.15, 0.2) is 17.5 Å². The van der Waals surface area contributed by atoms with E-state index in [0.29, 0.717) is 0 Å². The highest BCUT2D eigenvalue weighted by molar-refractivity contribution is 7.13. The molecule has 17 heavy (non-hydrogen) atoms. The summed E-state index contributed by atoms with van der Waals surface area (Å²) in [5.74, 6) is 7.13. The third kappa shape index (κ3) is 1.92. The van der Waals surface area contributed by atoms with Crippen molar-refractivity contribution >= 4 is 17.2 Å². The Kier molecular flexibility index (Phi) is 2.78. The van der Waals surface area contributed by atoms with E-state index in [2.05, 4.69) is 15.4 Å². The average molecular weight is 246 g/mol. The number of aryl methyl sites for hydroxylation is 1. The van der Waals surface area contributed by atoms with Crippen LogP contribution in [-0.4, -0.2) is 9.97 Å².